The predicted octanol–water partition coefficient (Wildman–Crippen LogP) is 1.15. The fourth-order valence-corrected chi connectivity index (χ4v) is 4.26. The van der Waals surface area contributed by atoms with E-state index in [-0.39, 0.29) is 55.0 Å². The lowest BCUT2D eigenvalue weighted by Crippen LogP contribution is -2.49. The van der Waals surface area contributed by atoms with Gasteiger partial charge in [-0.1, -0.05) is 6.92 Å². The third kappa shape index (κ3) is 5.71. The zero-order valence-corrected chi connectivity index (χ0v) is 17.1. The number of hydrogen-bond acceptors (Lipinski definition) is 6. The lowest BCUT2D eigenvalue weighted by atomic mass is 9.80. The van der Waals surface area contributed by atoms with Crippen LogP contribution in [-0.2, 0) is 14.8 Å². The molecule has 0 bridgehead atoms. The fraction of sp³-hybridized carbons (Fsp3) is 0.556. The van der Waals surface area contributed by atoms with E-state index in [2.05, 4.69) is 10.3 Å². The van der Waals surface area contributed by atoms with Gasteiger partial charge in [0.2, 0.25) is 21.8 Å². The Bertz CT molecular complexity index is 823. The maximum Gasteiger partial charge on any atom is 0.244 e. The molecule has 1 aromatic rings. The number of amides is 1. The van der Waals surface area contributed by atoms with Crippen LogP contribution < -0.4 is 15.8 Å². The summed E-state index contributed by atoms with van der Waals surface area (Å²) in [6, 6.07) is 2.75. The predicted molar refractivity (Wildman–Crippen MR) is 103 cm³/mol. The Balaban J connectivity index is 2.00. The Hall–Kier alpha value is -2.11. The summed E-state index contributed by atoms with van der Waals surface area (Å²) in [4.78, 5) is 16.1. The van der Waals surface area contributed by atoms with E-state index in [0.29, 0.717) is 19.2 Å². The largest absolute Gasteiger partial charge is 0.473 e. The molecular weight excluding hydrogens is 406 g/mol. The normalized spacial score (nSPS) is 17.7. The number of ether oxygens (including phenoxy) is 1. The Morgan fingerprint density at radius 2 is 2.10 bits per heavy atom. The number of sulfonamides is 1. The van der Waals surface area contributed by atoms with Gasteiger partial charge in [0.15, 0.2) is 0 Å². The average Bonchev–Trinajstić information content (AvgIpc) is 2.73. The van der Waals surface area contributed by atoms with Gasteiger partial charge in [-0.25, -0.2) is 22.2 Å². The third-order valence-electron chi connectivity index (χ3n) is 4.92. The maximum atomic E-state index is 12.8. The van der Waals surface area contributed by atoms with Crippen LogP contribution in [0.3, 0.4) is 0 Å². The Labute approximate surface area is 169 Å². The van der Waals surface area contributed by atoms with Crippen molar-refractivity contribution in [3.63, 3.8) is 0 Å². The van der Waals surface area contributed by atoms with E-state index >= 15 is 0 Å². The molecule has 0 unspecified atom stereocenters. The summed E-state index contributed by atoms with van der Waals surface area (Å²) in [5.41, 5.74) is 4.85. The van der Waals surface area contributed by atoms with Crippen molar-refractivity contribution in [1.29, 1.82) is 0 Å². The molecule has 0 atom stereocenters. The molecule has 0 saturated carbocycles. The zero-order valence-electron chi connectivity index (χ0n) is 16.2. The minimum atomic E-state index is -3.78. The summed E-state index contributed by atoms with van der Waals surface area (Å²) in [6.45, 7) is 1.31. The molecule has 0 spiro atoms. The third-order valence-corrected chi connectivity index (χ3v) is 6.81. The van der Waals surface area contributed by atoms with Crippen LogP contribution in [-0.4, -0.2) is 63.1 Å². The highest BCUT2D eigenvalue weighted by Gasteiger charge is 2.40. The minimum absolute atomic E-state index is 0.00262. The number of nitrogens with one attached hydrogen (secondary N) is 1. The van der Waals surface area contributed by atoms with Crippen molar-refractivity contribution < 1.29 is 26.7 Å². The zero-order chi connectivity index (χ0) is 21.5. The van der Waals surface area contributed by atoms with E-state index in [1.165, 1.54) is 22.6 Å². The van der Waals surface area contributed by atoms with E-state index in [1.807, 2.05) is 0 Å². The molecule has 1 saturated heterocycles. The molecular formula is C18H26F2N4O4S. The quantitative estimate of drug-likeness (QED) is 0.605. The first kappa shape index (κ1) is 23.2. The number of piperidine rings is 1. The molecule has 8 nitrogen and oxygen atoms in total. The molecule has 2 rings (SSSR count). The first-order valence-electron chi connectivity index (χ1n) is 9.18. The van der Waals surface area contributed by atoms with E-state index in [0.717, 1.165) is 0 Å². The number of alkyl halides is 1. The fourth-order valence-electron chi connectivity index (χ4n) is 2.88. The molecule has 11 heteroatoms. The summed E-state index contributed by atoms with van der Waals surface area (Å²) in [5.74, 6) is -0.123. The van der Waals surface area contributed by atoms with Crippen molar-refractivity contribution in [3.8, 4) is 5.88 Å². The highest BCUT2D eigenvalue weighted by molar-refractivity contribution is 7.89. The van der Waals surface area contributed by atoms with Gasteiger partial charge in [-0.2, -0.15) is 4.31 Å². The highest BCUT2D eigenvalue weighted by atomic mass is 32.2. The molecule has 3 N–H and O–H groups in total. The summed E-state index contributed by atoms with van der Waals surface area (Å²) >= 11 is 0. The van der Waals surface area contributed by atoms with Gasteiger partial charge in [-0.3, -0.25) is 4.79 Å². The van der Waals surface area contributed by atoms with Crippen molar-refractivity contribution in [1.82, 2.24) is 14.6 Å². The van der Waals surface area contributed by atoms with Crippen molar-refractivity contribution in [2.75, 3.05) is 39.5 Å². The lowest BCUT2D eigenvalue weighted by molar-refractivity contribution is -0.132. The van der Waals surface area contributed by atoms with E-state index < -0.39 is 22.1 Å². The Morgan fingerprint density at radius 1 is 1.41 bits per heavy atom. The smallest absolute Gasteiger partial charge is 0.244 e. The van der Waals surface area contributed by atoms with Crippen LogP contribution in [0, 0.1) is 5.41 Å². The molecule has 162 valence electrons. The number of pyridine rings is 1. The lowest BCUT2D eigenvalue weighted by Gasteiger charge is -2.37. The topological polar surface area (TPSA) is 115 Å². The molecule has 0 aliphatic carbocycles. The van der Waals surface area contributed by atoms with Gasteiger partial charge in [0.25, 0.3) is 0 Å². The SMILES string of the molecule is CC1(C(=O)NCCF)CCN(S(=O)(=O)c2ccc(OC/C(=C\F)CN)nc2)CC1. The second-order valence-electron chi connectivity index (χ2n) is 7.00. The molecule has 0 radical (unpaired) electrons. The van der Waals surface area contributed by atoms with Crippen molar-refractivity contribution in [2.24, 2.45) is 11.1 Å². The molecule has 1 aliphatic rings. The number of nitrogens with zero attached hydrogens (tertiary/aromatic N) is 2. The maximum absolute atomic E-state index is 12.8. The number of nitrogens with two attached hydrogens (primary N) is 1. The van der Waals surface area contributed by atoms with Crippen LogP contribution in [0.2, 0.25) is 0 Å². The van der Waals surface area contributed by atoms with Crippen LogP contribution in [0.15, 0.2) is 35.1 Å². The van der Waals surface area contributed by atoms with E-state index in [4.69, 9.17) is 10.5 Å². The van der Waals surface area contributed by atoms with Gasteiger partial charge in [0.1, 0.15) is 18.2 Å². The average molecular weight is 432 g/mol. The first-order valence-corrected chi connectivity index (χ1v) is 10.6. The van der Waals surface area contributed by atoms with Crippen LogP contribution in [0.25, 0.3) is 0 Å². The first-order chi connectivity index (χ1) is 13.8. The minimum Gasteiger partial charge on any atom is -0.473 e. The van der Waals surface area contributed by atoms with E-state index in [9.17, 15) is 22.0 Å². The van der Waals surface area contributed by atoms with Gasteiger partial charge in [-0.05, 0) is 18.9 Å². The molecule has 0 aromatic carbocycles. The number of halogens is 2. The number of hydrogen-bond donors (Lipinski definition) is 2. The van der Waals surface area contributed by atoms with Gasteiger partial charge in [0, 0.05) is 43.2 Å². The summed E-state index contributed by atoms with van der Waals surface area (Å²) in [5, 5.41) is 2.52. The van der Waals surface area contributed by atoms with Crippen LogP contribution in [0.4, 0.5) is 8.78 Å². The molecule has 2 heterocycles. The van der Waals surface area contributed by atoms with Gasteiger partial charge in [0.05, 0.1) is 12.5 Å². The van der Waals surface area contributed by atoms with Gasteiger partial charge in [-0.15, -0.1) is 0 Å². The number of carbonyl (C=O) groups excluding carboxylic acids is 1. The van der Waals surface area contributed by atoms with Crippen molar-refractivity contribution in [3.05, 3.63) is 30.2 Å². The summed E-state index contributed by atoms with van der Waals surface area (Å²) in [6.07, 6.45) is 2.20. The highest BCUT2D eigenvalue weighted by Crippen LogP contribution is 2.33. The Kier molecular flexibility index (Phi) is 8.05. The number of aromatic nitrogens is 1. The summed E-state index contributed by atoms with van der Waals surface area (Å²) < 4.78 is 57.0. The van der Waals surface area contributed by atoms with Crippen molar-refractivity contribution >= 4 is 15.9 Å². The van der Waals surface area contributed by atoms with Crippen molar-refractivity contribution in [2.45, 2.75) is 24.7 Å². The van der Waals surface area contributed by atoms with Crippen LogP contribution >= 0.6 is 0 Å². The molecule has 1 aliphatic heterocycles. The van der Waals surface area contributed by atoms with Crippen LogP contribution in [0.5, 0.6) is 5.88 Å². The Morgan fingerprint density at radius 3 is 2.62 bits per heavy atom. The molecule has 1 aromatic heterocycles. The monoisotopic (exact) mass is 432 g/mol. The molecule has 1 fully saturated rings. The molecule has 29 heavy (non-hydrogen) atoms. The van der Waals surface area contributed by atoms with Gasteiger partial charge >= 0.3 is 0 Å². The second-order valence-corrected chi connectivity index (χ2v) is 8.94. The number of carbonyl (C=O) groups is 1. The van der Waals surface area contributed by atoms with Crippen LogP contribution in [0.1, 0.15) is 19.8 Å². The van der Waals surface area contributed by atoms with Gasteiger partial charge < -0.3 is 15.8 Å². The standard InChI is InChI=1S/C18H26F2N4O4S/c1-18(17(25)22-7-6-19)4-8-24(9-5-18)29(26,27)15-2-3-16(23-12-15)28-13-14(10-20)11-21/h2-3,10,12H,4-9,11,13,21H2,1H3,(H,22,25)/b14-10-. The number of rotatable bonds is 9. The summed E-state index contributed by atoms with van der Waals surface area (Å²) in [7, 11) is -3.78. The molecule has 1 amide bonds. The second kappa shape index (κ2) is 10.1. The van der Waals surface area contributed by atoms with E-state index in [1.54, 1.807) is 6.92 Å².